The van der Waals surface area contributed by atoms with Gasteiger partial charge in [-0.25, -0.2) is 4.68 Å². The van der Waals surface area contributed by atoms with Gasteiger partial charge in [-0.2, -0.15) is 5.10 Å². The molecule has 0 radical (unpaired) electrons. The Hall–Kier alpha value is -1.07. The number of aliphatic hydroxyl groups is 1. The number of hydrogen-bond donors (Lipinski definition) is 2. The maximum Gasteiger partial charge on any atom is 0.287 e. The van der Waals surface area contributed by atoms with Crippen LogP contribution in [-0.4, -0.2) is 28.0 Å². The summed E-state index contributed by atoms with van der Waals surface area (Å²) in [5, 5.41) is 16.2. The molecule has 0 spiro atoms. The van der Waals surface area contributed by atoms with Gasteiger partial charge < -0.3 is 10.4 Å². The fraction of sp³-hybridized carbons (Fsp3) is 0.667. The summed E-state index contributed by atoms with van der Waals surface area (Å²) in [4.78, 5) is 11.7. The Morgan fingerprint density at radius 1 is 1.56 bits per heavy atom. The third kappa shape index (κ3) is 3.71. The van der Waals surface area contributed by atoms with Crippen LogP contribution in [0.2, 0.25) is 5.02 Å². The molecule has 1 aromatic heterocycles. The first-order valence-corrected chi connectivity index (χ1v) is 6.62. The zero-order valence-electron chi connectivity index (χ0n) is 10.8. The molecular weight excluding hydrogens is 254 g/mol. The van der Waals surface area contributed by atoms with Crippen LogP contribution in [0.25, 0.3) is 0 Å². The molecule has 0 aromatic carbocycles. The van der Waals surface area contributed by atoms with Gasteiger partial charge in [-0.1, -0.05) is 24.9 Å². The number of rotatable bonds is 7. The fourth-order valence-corrected chi connectivity index (χ4v) is 1.91. The molecule has 0 aliphatic rings. The predicted octanol–water partition coefficient (Wildman–Crippen LogP) is 1.74. The molecule has 2 N–H and O–H groups in total. The van der Waals surface area contributed by atoms with Crippen LogP contribution >= 0.6 is 11.6 Å². The van der Waals surface area contributed by atoms with Gasteiger partial charge in [-0.05, 0) is 19.3 Å². The second kappa shape index (κ2) is 7.38. The normalized spacial score (nSPS) is 12.4. The van der Waals surface area contributed by atoms with Gasteiger partial charge in [0.05, 0.1) is 11.9 Å². The number of anilines is 1. The highest BCUT2D eigenvalue weighted by Crippen LogP contribution is 2.17. The average molecular weight is 274 g/mol. The summed E-state index contributed by atoms with van der Waals surface area (Å²) in [5.41, 5.74) is 0.280. The van der Waals surface area contributed by atoms with Gasteiger partial charge in [0.15, 0.2) is 0 Å². The standard InChI is InChI=1S/C12H20ClN3O2/c1-3-9(5-6-17)7-14-10-8-15-16(4-2)12(18)11(10)13/h8-9,14,17H,3-7H2,1-2H3. The van der Waals surface area contributed by atoms with Crippen molar-refractivity contribution in [3.05, 3.63) is 21.6 Å². The Kier molecular flexibility index (Phi) is 6.15. The van der Waals surface area contributed by atoms with Crippen LogP contribution in [0, 0.1) is 5.92 Å². The highest BCUT2D eigenvalue weighted by atomic mass is 35.5. The van der Waals surface area contributed by atoms with E-state index < -0.39 is 0 Å². The summed E-state index contributed by atoms with van der Waals surface area (Å²) >= 11 is 6.00. The van der Waals surface area contributed by atoms with Gasteiger partial charge in [0.25, 0.3) is 5.56 Å². The minimum Gasteiger partial charge on any atom is -0.396 e. The highest BCUT2D eigenvalue weighted by molar-refractivity contribution is 6.32. The Labute approximate surface area is 112 Å². The number of aliphatic hydroxyl groups excluding tert-OH is 1. The quantitative estimate of drug-likeness (QED) is 0.794. The van der Waals surface area contributed by atoms with Gasteiger partial charge in [0.2, 0.25) is 0 Å². The lowest BCUT2D eigenvalue weighted by Gasteiger charge is -2.16. The van der Waals surface area contributed by atoms with E-state index in [0.29, 0.717) is 24.7 Å². The van der Waals surface area contributed by atoms with E-state index in [1.165, 1.54) is 4.68 Å². The summed E-state index contributed by atoms with van der Waals surface area (Å²) < 4.78 is 1.32. The van der Waals surface area contributed by atoms with Crippen LogP contribution < -0.4 is 10.9 Å². The van der Waals surface area contributed by atoms with Gasteiger partial charge in [-0.15, -0.1) is 0 Å². The van der Waals surface area contributed by atoms with E-state index in [4.69, 9.17) is 16.7 Å². The van der Waals surface area contributed by atoms with Crippen molar-refractivity contribution >= 4 is 17.3 Å². The first-order chi connectivity index (χ1) is 8.63. The molecule has 0 saturated heterocycles. The van der Waals surface area contributed by atoms with Crippen LogP contribution in [0.5, 0.6) is 0 Å². The molecule has 0 fully saturated rings. The Balaban J connectivity index is 2.74. The monoisotopic (exact) mass is 273 g/mol. The molecular formula is C12H20ClN3O2. The molecule has 5 nitrogen and oxygen atoms in total. The van der Waals surface area contributed by atoms with Gasteiger partial charge >= 0.3 is 0 Å². The van der Waals surface area contributed by atoms with Crippen molar-refractivity contribution in [1.29, 1.82) is 0 Å². The van der Waals surface area contributed by atoms with Crippen molar-refractivity contribution < 1.29 is 5.11 Å². The van der Waals surface area contributed by atoms with E-state index in [2.05, 4.69) is 17.3 Å². The van der Waals surface area contributed by atoms with Crippen LogP contribution in [-0.2, 0) is 6.54 Å². The maximum atomic E-state index is 11.7. The molecule has 1 heterocycles. The van der Waals surface area contributed by atoms with Crippen molar-refractivity contribution in [3.8, 4) is 0 Å². The maximum absolute atomic E-state index is 11.7. The molecule has 1 unspecified atom stereocenters. The summed E-state index contributed by atoms with van der Waals surface area (Å²) in [6, 6.07) is 0. The Morgan fingerprint density at radius 2 is 2.28 bits per heavy atom. The molecule has 0 aliphatic carbocycles. The molecule has 0 bridgehead atoms. The van der Waals surface area contributed by atoms with Crippen molar-refractivity contribution in [2.75, 3.05) is 18.5 Å². The van der Waals surface area contributed by atoms with E-state index in [1.54, 1.807) is 6.20 Å². The number of hydrogen-bond acceptors (Lipinski definition) is 4. The Bertz CT molecular complexity index is 434. The fourth-order valence-electron chi connectivity index (χ4n) is 1.70. The largest absolute Gasteiger partial charge is 0.396 e. The van der Waals surface area contributed by atoms with E-state index in [9.17, 15) is 4.79 Å². The van der Waals surface area contributed by atoms with Crippen molar-refractivity contribution in [1.82, 2.24) is 9.78 Å². The molecule has 0 amide bonds. The summed E-state index contributed by atoms with van der Waals surface area (Å²) in [6.45, 7) is 5.25. The molecule has 0 saturated carbocycles. The molecule has 6 heteroatoms. The molecule has 0 aliphatic heterocycles. The van der Waals surface area contributed by atoms with E-state index in [0.717, 1.165) is 12.8 Å². The van der Waals surface area contributed by atoms with Gasteiger partial charge in [0.1, 0.15) is 5.02 Å². The smallest absolute Gasteiger partial charge is 0.287 e. The zero-order chi connectivity index (χ0) is 13.5. The summed E-state index contributed by atoms with van der Waals surface area (Å²) in [5.74, 6) is 0.361. The number of aryl methyl sites for hydroxylation is 1. The Morgan fingerprint density at radius 3 is 2.83 bits per heavy atom. The first-order valence-electron chi connectivity index (χ1n) is 6.24. The lowest BCUT2D eigenvalue weighted by Crippen LogP contribution is -2.24. The van der Waals surface area contributed by atoms with Gasteiger partial charge in [0, 0.05) is 19.7 Å². The third-order valence-corrected chi connectivity index (χ3v) is 3.35. The number of halogens is 1. The second-order valence-electron chi connectivity index (χ2n) is 4.16. The molecule has 102 valence electrons. The molecule has 1 atom stereocenters. The minimum absolute atomic E-state index is 0.170. The van der Waals surface area contributed by atoms with Crippen LogP contribution in [0.4, 0.5) is 5.69 Å². The minimum atomic E-state index is -0.278. The van der Waals surface area contributed by atoms with E-state index in [1.807, 2.05) is 6.92 Å². The number of nitrogens with zero attached hydrogens (tertiary/aromatic N) is 2. The molecule has 1 rings (SSSR count). The highest BCUT2D eigenvalue weighted by Gasteiger charge is 2.10. The van der Waals surface area contributed by atoms with Crippen molar-refractivity contribution in [3.63, 3.8) is 0 Å². The van der Waals surface area contributed by atoms with E-state index >= 15 is 0 Å². The van der Waals surface area contributed by atoms with E-state index in [-0.39, 0.29) is 17.2 Å². The number of aromatic nitrogens is 2. The zero-order valence-corrected chi connectivity index (χ0v) is 11.6. The van der Waals surface area contributed by atoms with Crippen molar-refractivity contribution in [2.45, 2.75) is 33.2 Å². The second-order valence-corrected chi connectivity index (χ2v) is 4.54. The lowest BCUT2D eigenvalue weighted by molar-refractivity contribution is 0.258. The van der Waals surface area contributed by atoms with Crippen LogP contribution in [0.3, 0.4) is 0 Å². The average Bonchev–Trinajstić information content (AvgIpc) is 2.39. The van der Waals surface area contributed by atoms with Crippen LogP contribution in [0.1, 0.15) is 26.7 Å². The third-order valence-electron chi connectivity index (χ3n) is 2.98. The lowest BCUT2D eigenvalue weighted by atomic mass is 10.0. The summed E-state index contributed by atoms with van der Waals surface area (Å²) in [6.07, 6.45) is 3.27. The topological polar surface area (TPSA) is 67.2 Å². The van der Waals surface area contributed by atoms with Gasteiger partial charge in [-0.3, -0.25) is 4.79 Å². The van der Waals surface area contributed by atoms with Crippen molar-refractivity contribution in [2.24, 2.45) is 5.92 Å². The molecule has 1 aromatic rings. The number of nitrogens with one attached hydrogen (secondary N) is 1. The first kappa shape index (κ1) is 15.0. The SMILES string of the molecule is CCC(CCO)CNc1cnn(CC)c(=O)c1Cl. The predicted molar refractivity (Wildman–Crippen MR) is 73.2 cm³/mol. The molecule has 18 heavy (non-hydrogen) atoms. The van der Waals surface area contributed by atoms with Crippen LogP contribution in [0.15, 0.2) is 11.0 Å². The summed E-state index contributed by atoms with van der Waals surface area (Å²) in [7, 11) is 0.